The summed E-state index contributed by atoms with van der Waals surface area (Å²) in [5.41, 5.74) is 5.64. The molecule has 1 rings (SSSR count). The fourth-order valence-electron chi connectivity index (χ4n) is 0.696. The molecule has 0 saturated heterocycles. The fraction of sp³-hybridized carbons (Fsp3) is 0.429. The van der Waals surface area contributed by atoms with E-state index in [4.69, 9.17) is 5.73 Å². The average Bonchev–Trinajstić information content (AvgIpc) is 2.04. The molecule has 0 amide bonds. The monoisotopic (exact) mass is 173 g/mol. The van der Waals surface area contributed by atoms with E-state index in [0.29, 0.717) is 5.69 Å². The van der Waals surface area contributed by atoms with Gasteiger partial charge in [0.1, 0.15) is 5.69 Å². The smallest absolute Gasteiger partial charge is 0.281 e. The molecule has 0 aromatic carbocycles. The number of nitrogens with two attached hydrogens (primary N) is 1. The van der Waals surface area contributed by atoms with E-state index in [2.05, 4.69) is 9.97 Å². The van der Waals surface area contributed by atoms with Gasteiger partial charge in [-0.2, -0.15) is 0 Å². The molecule has 1 heterocycles. The molecule has 0 bridgehead atoms. The van der Waals surface area contributed by atoms with E-state index in [9.17, 15) is 8.78 Å². The predicted octanol–water partition coefficient (Wildman–Crippen LogP) is 1.43. The molecule has 12 heavy (non-hydrogen) atoms. The second-order valence-electron chi connectivity index (χ2n) is 2.46. The molecule has 2 N–H and O–H groups in total. The highest BCUT2D eigenvalue weighted by atomic mass is 19.3. The Bertz CT molecular complexity index is 218. The van der Waals surface area contributed by atoms with Gasteiger partial charge in [-0.15, -0.1) is 0 Å². The maximum atomic E-state index is 12.0. The minimum atomic E-state index is -2.57. The zero-order valence-corrected chi connectivity index (χ0v) is 6.54. The summed E-state index contributed by atoms with van der Waals surface area (Å²) in [7, 11) is 0. The standard InChI is InChI=1S/C7H9F2N3/c1-4(10)5-2-12-6(3-11-5)7(8)9/h2-4,7H,10H2,1H3. The number of hydrogen-bond acceptors (Lipinski definition) is 3. The Morgan fingerprint density at radius 1 is 1.25 bits per heavy atom. The maximum Gasteiger partial charge on any atom is 0.281 e. The third kappa shape index (κ3) is 1.94. The molecule has 0 aliphatic heterocycles. The molecule has 1 atom stereocenters. The summed E-state index contributed by atoms with van der Waals surface area (Å²) >= 11 is 0. The zero-order chi connectivity index (χ0) is 9.14. The van der Waals surface area contributed by atoms with E-state index >= 15 is 0 Å². The van der Waals surface area contributed by atoms with E-state index in [1.54, 1.807) is 6.92 Å². The molecule has 0 spiro atoms. The van der Waals surface area contributed by atoms with Crippen LogP contribution in [-0.2, 0) is 0 Å². The van der Waals surface area contributed by atoms with Gasteiger partial charge in [0.15, 0.2) is 0 Å². The first-order valence-corrected chi connectivity index (χ1v) is 3.47. The van der Waals surface area contributed by atoms with Crippen molar-refractivity contribution >= 4 is 0 Å². The summed E-state index contributed by atoms with van der Waals surface area (Å²) in [5, 5.41) is 0. The van der Waals surface area contributed by atoms with Gasteiger partial charge in [0.05, 0.1) is 18.1 Å². The lowest BCUT2D eigenvalue weighted by Crippen LogP contribution is -2.08. The lowest BCUT2D eigenvalue weighted by atomic mass is 10.2. The molecule has 0 saturated carbocycles. The van der Waals surface area contributed by atoms with Crippen LogP contribution in [-0.4, -0.2) is 9.97 Å². The van der Waals surface area contributed by atoms with Crippen molar-refractivity contribution < 1.29 is 8.78 Å². The summed E-state index contributed by atoms with van der Waals surface area (Å²) in [6, 6.07) is -0.274. The first-order chi connectivity index (χ1) is 5.61. The molecule has 1 unspecified atom stereocenters. The van der Waals surface area contributed by atoms with Gasteiger partial charge in [0.25, 0.3) is 6.43 Å². The molecule has 1 aromatic heterocycles. The van der Waals surface area contributed by atoms with Crippen LogP contribution in [0, 0.1) is 0 Å². The molecule has 0 aliphatic carbocycles. The SMILES string of the molecule is CC(N)c1cnc(C(F)F)cn1. The molecule has 5 heteroatoms. The van der Waals surface area contributed by atoms with Crippen LogP contribution in [0.5, 0.6) is 0 Å². The van der Waals surface area contributed by atoms with Crippen molar-refractivity contribution in [3.8, 4) is 0 Å². The Morgan fingerprint density at radius 3 is 2.08 bits per heavy atom. The number of hydrogen-bond donors (Lipinski definition) is 1. The third-order valence-corrected chi connectivity index (χ3v) is 1.38. The van der Waals surface area contributed by atoms with Crippen molar-refractivity contribution in [1.29, 1.82) is 0 Å². The topological polar surface area (TPSA) is 51.8 Å². The molecule has 0 radical (unpaired) electrons. The first kappa shape index (κ1) is 8.99. The van der Waals surface area contributed by atoms with Crippen LogP contribution in [0.2, 0.25) is 0 Å². The van der Waals surface area contributed by atoms with Crippen molar-refractivity contribution in [1.82, 2.24) is 9.97 Å². The summed E-state index contributed by atoms with van der Waals surface area (Å²) < 4.78 is 23.9. The van der Waals surface area contributed by atoms with Crippen molar-refractivity contribution in [3.63, 3.8) is 0 Å². The minimum Gasteiger partial charge on any atom is -0.323 e. The van der Waals surface area contributed by atoms with Crippen molar-refractivity contribution in [2.45, 2.75) is 19.4 Å². The van der Waals surface area contributed by atoms with Crippen LogP contribution < -0.4 is 5.73 Å². The van der Waals surface area contributed by atoms with Gasteiger partial charge in [-0.25, -0.2) is 8.78 Å². The van der Waals surface area contributed by atoms with E-state index in [1.165, 1.54) is 6.20 Å². The fourth-order valence-corrected chi connectivity index (χ4v) is 0.696. The van der Waals surface area contributed by atoms with Gasteiger partial charge >= 0.3 is 0 Å². The molecule has 1 aromatic rings. The van der Waals surface area contributed by atoms with Crippen LogP contribution in [0.3, 0.4) is 0 Å². The number of rotatable bonds is 2. The average molecular weight is 173 g/mol. The van der Waals surface area contributed by atoms with Gasteiger partial charge in [-0.05, 0) is 6.92 Å². The molecule has 3 nitrogen and oxygen atoms in total. The molecule has 0 fully saturated rings. The zero-order valence-electron chi connectivity index (χ0n) is 6.54. The lowest BCUT2D eigenvalue weighted by Gasteiger charge is -2.03. The number of nitrogens with zero attached hydrogens (tertiary/aromatic N) is 2. The Balaban J connectivity index is 2.86. The van der Waals surface area contributed by atoms with Crippen molar-refractivity contribution in [3.05, 3.63) is 23.8 Å². The summed E-state index contributed by atoms with van der Waals surface area (Å²) in [6.07, 6.45) is -0.255. The molecule has 66 valence electrons. The highest BCUT2D eigenvalue weighted by Crippen LogP contribution is 2.15. The van der Waals surface area contributed by atoms with E-state index in [0.717, 1.165) is 6.20 Å². The Labute approximate surface area is 68.6 Å². The van der Waals surface area contributed by atoms with Gasteiger partial charge in [0.2, 0.25) is 0 Å². The normalized spacial score (nSPS) is 13.4. The highest BCUT2D eigenvalue weighted by Gasteiger charge is 2.09. The Morgan fingerprint density at radius 2 is 1.75 bits per heavy atom. The maximum absolute atomic E-state index is 12.0. The first-order valence-electron chi connectivity index (χ1n) is 3.47. The summed E-state index contributed by atoms with van der Waals surface area (Å²) in [6.45, 7) is 1.71. The van der Waals surface area contributed by atoms with Crippen LogP contribution >= 0.6 is 0 Å². The van der Waals surface area contributed by atoms with Crippen LogP contribution in [0.1, 0.15) is 30.8 Å². The quantitative estimate of drug-likeness (QED) is 0.736. The predicted molar refractivity (Wildman–Crippen MR) is 39.6 cm³/mol. The summed E-state index contributed by atoms with van der Waals surface area (Å²) in [4.78, 5) is 7.24. The number of aromatic nitrogens is 2. The van der Waals surface area contributed by atoms with Gasteiger partial charge in [-0.1, -0.05) is 0 Å². The van der Waals surface area contributed by atoms with Gasteiger partial charge in [0, 0.05) is 6.04 Å². The number of alkyl halides is 2. The van der Waals surface area contributed by atoms with Gasteiger partial charge < -0.3 is 5.73 Å². The van der Waals surface area contributed by atoms with Crippen LogP contribution in [0.4, 0.5) is 8.78 Å². The third-order valence-electron chi connectivity index (χ3n) is 1.38. The van der Waals surface area contributed by atoms with E-state index in [-0.39, 0.29) is 11.7 Å². The Kier molecular flexibility index (Phi) is 2.65. The summed E-state index contributed by atoms with van der Waals surface area (Å²) in [5.74, 6) is 0. The number of halogens is 2. The largest absolute Gasteiger partial charge is 0.323 e. The second-order valence-corrected chi connectivity index (χ2v) is 2.46. The van der Waals surface area contributed by atoms with Crippen molar-refractivity contribution in [2.75, 3.05) is 0 Å². The lowest BCUT2D eigenvalue weighted by molar-refractivity contribution is 0.145. The second kappa shape index (κ2) is 3.53. The highest BCUT2D eigenvalue weighted by molar-refractivity contribution is 5.05. The van der Waals surface area contributed by atoms with Crippen LogP contribution in [0.15, 0.2) is 12.4 Å². The van der Waals surface area contributed by atoms with Crippen LogP contribution in [0.25, 0.3) is 0 Å². The Hall–Kier alpha value is -1.10. The van der Waals surface area contributed by atoms with E-state index < -0.39 is 6.43 Å². The molecule has 0 aliphatic rings. The van der Waals surface area contributed by atoms with E-state index in [1.807, 2.05) is 0 Å². The molecular weight excluding hydrogens is 164 g/mol. The minimum absolute atomic E-state index is 0.274. The van der Waals surface area contributed by atoms with Gasteiger partial charge in [-0.3, -0.25) is 9.97 Å². The molecular formula is C7H9F2N3. The van der Waals surface area contributed by atoms with Crippen molar-refractivity contribution in [2.24, 2.45) is 5.73 Å².